The Kier molecular flexibility index (Phi) is 2.92. The second kappa shape index (κ2) is 4.40. The minimum atomic E-state index is -0.514. The third kappa shape index (κ3) is 1.88. The van der Waals surface area contributed by atoms with Gasteiger partial charge in [-0.25, -0.2) is 9.88 Å². The van der Waals surface area contributed by atoms with Gasteiger partial charge in [0.2, 0.25) is 17.8 Å². The van der Waals surface area contributed by atoms with Gasteiger partial charge in [0.25, 0.3) is 5.56 Å². The summed E-state index contributed by atoms with van der Waals surface area (Å²) in [6.07, 6.45) is 1.44. The standard InChI is InChI=1S/C10H11N5O3/c1-3-6(17)15(5(2)16)10-13-8-7(9(18)14-10)11-4-12-8/h4H,3H2,1-2H3,(H2,11,12,13,14,18). The molecule has 2 aromatic heterocycles. The van der Waals surface area contributed by atoms with Gasteiger partial charge in [-0.3, -0.25) is 19.4 Å². The molecular weight excluding hydrogens is 238 g/mol. The SMILES string of the molecule is CCC(=O)N(C(C)=O)c1nc2nc[nH]c2c(=O)[nH]1. The molecule has 94 valence electrons. The number of imidazole rings is 1. The predicted molar refractivity (Wildman–Crippen MR) is 63.0 cm³/mol. The van der Waals surface area contributed by atoms with Crippen LogP contribution in [0.1, 0.15) is 20.3 Å². The van der Waals surface area contributed by atoms with Gasteiger partial charge >= 0.3 is 0 Å². The van der Waals surface area contributed by atoms with Gasteiger partial charge in [0.15, 0.2) is 11.2 Å². The summed E-state index contributed by atoms with van der Waals surface area (Å²) in [5.74, 6) is -1.07. The number of hydrogen-bond acceptors (Lipinski definition) is 5. The highest BCUT2D eigenvalue weighted by molar-refractivity contribution is 6.12. The number of aromatic nitrogens is 4. The topological polar surface area (TPSA) is 112 Å². The van der Waals surface area contributed by atoms with Crippen molar-refractivity contribution >= 4 is 28.9 Å². The molecule has 8 nitrogen and oxygen atoms in total. The average Bonchev–Trinajstić information content (AvgIpc) is 2.77. The molecule has 0 bridgehead atoms. The third-order valence-electron chi connectivity index (χ3n) is 2.36. The van der Waals surface area contributed by atoms with Gasteiger partial charge in [-0.1, -0.05) is 6.92 Å². The molecule has 2 aromatic rings. The van der Waals surface area contributed by atoms with Crippen LogP contribution < -0.4 is 10.5 Å². The molecule has 2 amide bonds. The number of carbonyl (C=O) groups excluding carboxylic acids is 2. The van der Waals surface area contributed by atoms with E-state index in [1.165, 1.54) is 13.3 Å². The number of carbonyl (C=O) groups is 2. The van der Waals surface area contributed by atoms with E-state index in [4.69, 9.17) is 0 Å². The monoisotopic (exact) mass is 249 g/mol. The van der Waals surface area contributed by atoms with Crippen LogP contribution in [0, 0.1) is 0 Å². The summed E-state index contributed by atoms with van der Waals surface area (Å²) in [5, 5.41) is 0. The zero-order valence-corrected chi connectivity index (χ0v) is 9.85. The smallest absolute Gasteiger partial charge is 0.278 e. The van der Waals surface area contributed by atoms with Crippen LogP contribution >= 0.6 is 0 Å². The zero-order chi connectivity index (χ0) is 13.3. The van der Waals surface area contributed by atoms with E-state index in [9.17, 15) is 14.4 Å². The van der Waals surface area contributed by atoms with Crippen molar-refractivity contribution in [3.63, 3.8) is 0 Å². The first kappa shape index (κ1) is 12.0. The Morgan fingerprint density at radius 1 is 1.44 bits per heavy atom. The lowest BCUT2D eigenvalue weighted by Gasteiger charge is -2.16. The van der Waals surface area contributed by atoms with Crippen LogP contribution in [-0.4, -0.2) is 31.8 Å². The van der Waals surface area contributed by atoms with Gasteiger partial charge in [0.1, 0.15) is 0 Å². The number of H-pyrrole nitrogens is 2. The van der Waals surface area contributed by atoms with E-state index < -0.39 is 17.4 Å². The van der Waals surface area contributed by atoms with Gasteiger partial charge in [-0.2, -0.15) is 4.98 Å². The Balaban J connectivity index is 2.61. The van der Waals surface area contributed by atoms with Crippen LogP contribution in [0.15, 0.2) is 11.1 Å². The summed E-state index contributed by atoms with van der Waals surface area (Å²) in [4.78, 5) is 48.4. The Labute approximate surface area is 101 Å². The van der Waals surface area contributed by atoms with E-state index in [0.29, 0.717) is 0 Å². The Morgan fingerprint density at radius 3 is 2.78 bits per heavy atom. The summed E-state index contributed by atoms with van der Waals surface area (Å²) in [6, 6.07) is 0. The van der Waals surface area contributed by atoms with Crippen molar-refractivity contribution in [3.8, 4) is 0 Å². The van der Waals surface area contributed by atoms with Crippen molar-refractivity contribution in [1.29, 1.82) is 0 Å². The van der Waals surface area contributed by atoms with E-state index in [2.05, 4.69) is 19.9 Å². The molecule has 0 aliphatic rings. The van der Waals surface area contributed by atoms with Crippen molar-refractivity contribution in [2.75, 3.05) is 4.90 Å². The van der Waals surface area contributed by atoms with Gasteiger partial charge in [-0.15, -0.1) is 0 Å². The Hall–Kier alpha value is -2.51. The number of aromatic amines is 2. The quantitative estimate of drug-likeness (QED) is 0.774. The van der Waals surface area contributed by atoms with Crippen molar-refractivity contribution in [2.24, 2.45) is 0 Å². The van der Waals surface area contributed by atoms with E-state index in [1.54, 1.807) is 6.92 Å². The first-order valence-corrected chi connectivity index (χ1v) is 5.31. The predicted octanol–water partition coefficient (Wildman–Crippen LogP) is -0.0643. The maximum Gasteiger partial charge on any atom is 0.278 e. The lowest BCUT2D eigenvalue weighted by atomic mass is 10.4. The van der Waals surface area contributed by atoms with Crippen molar-refractivity contribution in [2.45, 2.75) is 20.3 Å². The average molecular weight is 249 g/mol. The molecule has 0 saturated carbocycles. The van der Waals surface area contributed by atoms with Gasteiger partial charge in [-0.05, 0) is 0 Å². The first-order valence-electron chi connectivity index (χ1n) is 5.31. The normalized spacial score (nSPS) is 10.6. The number of imide groups is 1. The van der Waals surface area contributed by atoms with Crippen molar-refractivity contribution in [3.05, 3.63) is 16.7 Å². The maximum absolute atomic E-state index is 11.7. The van der Waals surface area contributed by atoms with Crippen molar-refractivity contribution in [1.82, 2.24) is 19.9 Å². The van der Waals surface area contributed by atoms with Crippen LogP contribution in [-0.2, 0) is 9.59 Å². The molecule has 0 aromatic carbocycles. The maximum atomic E-state index is 11.7. The van der Waals surface area contributed by atoms with Gasteiger partial charge < -0.3 is 4.98 Å². The number of hydrogen-bond donors (Lipinski definition) is 2. The molecule has 0 aliphatic carbocycles. The highest BCUT2D eigenvalue weighted by Crippen LogP contribution is 2.10. The lowest BCUT2D eigenvalue weighted by Crippen LogP contribution is -2.37. The van der Waals surface area contributed by atoms with Crippen LogP contribution in [0.2, 0.25) is 0 Å². The molecule has 0 unspecified atom stereocenters. The molecule has 0 aliphatic heterocycles. The molecular formula is C10H11N5O3. The number of amides is 2. The van der Waals surface area contributed by atoms with E-state index in [-0.39, 0.29) is 23.5 Å². The van der Waals surface area contributed by atoms with Crippen LogP contribution in [0.3, 0.4) is 0 Å². The minimum absolute atomic E-state index is 0.112. The largest absolute Gasteiger partial charge is 0.339 e. The molecule has 2 rings (SSSR count). The molecule has 0 fully saturated rings. The third-order valence-corrected chi connectivity index (χ3v) is 2.36. The molecule has 2 heterocycles. The number of nitrogens with one attached hydrogen (secondary N) is 2. The second-order valence-corrected chi connectivity index (χ2v) is 3.59. The minimum Gasteiger partial charge on any atom is -0.339 e. The molecule has 0 saturated heterocycles. The number of rotatable bonds is 2. The number of anilines is 1. The summed E-state index contributed by atoms with van der Waals surface area (Å²) >= 11 is 0. The molecule has 8 heteroatoms. The van der Waals surface area contributed by atoms with E-state index in [0.717, 1.165) is 4.90 Å². The Morgan fingerprint density at radius 2 is 2.17 bits per heavy atom. The van der Waals surface area contributed by atoms with E-state index in [1.807, 2.05) is 0 Å². The molecule has 0 radical (unpaired) electrons. The summed E-state index contributed by atoms with van der Waals surface area (Å²) in [7, 11) is 0. The number of fused-ring (bicyclic) bond motifs is 1. The highest BCUT2D eigenvalue weighted by Gasteiger charge is 2.22. The van der Waals surface area contributed by atoms with Crippen LogP contribution in [0.4, 0.5) is 5.95 Å². The summed E-state index contributed by atoms with van der Waals surface area (Å²) in [5.41, 5.74) is -0.127. The number of nitrogens with zero attached hydrogens (tertiary/aromatic N) is 3. The Bertz CT molecular complexity index is 671. The molecule has 18 heavy (non-hydrogen) atoms. The second-order valence-electron chi connectivity index (χ2n) is 3.59. The van der Waals surface area contributed by atoms with Crippen LogP contribution in [0.25, 0.3) is 11.2 Å². The lowest BCUT2D eigenvalue weighted by molar-refractivity contribution is -0.125. The highest BCUT2D eigenvalue weighted by atomic mass is 16.2. The fourth-order valence-corrected chi connectivity index (χ4v) is 1.54. The molecule has 2 N–H and O–H groups in total. The van der Waals surface area contributed by atoms with E-state index >= 15 is 0 Å². The van der Waals surface area contributed by atoms with Gasteiger partial charge in [0, 0.05) is 13.3 Å². The van der Waals surface area contributed by atoms with Gasteiger partial charge in [0.05, 0.1) is 6.33 Å². The van der Waals surface area contributed by atoms with Crippen LogP contribution in [0.5, 0.6) is 0 Å². The summed E-state index contributed by atoms with van der Waals surface area (Å²) < 4.78 is 0. The van der Waals surface area contributed by atoms with Crippen molar-refractivity contribution < 1.29 is 9.59 Å². The first-order chi connectivity index (χ1) is 8.54. The zero-order valence-electron chi connectivity index (χ0n) is 9.85. The molecule has 0 spiro atoms. The molecule has 0 atom stereocenters. The summed E-state index contributed by atoms with van der Waals surface area (Å²) in [6.45, 7) is 2.84. The fraction of sp³-hybridized carbons (Fsp3) is 0.300. The fourth-order valence-electron chi connectivity index (χ4n) is 1.54.